The van der Waals surface area contributed by atoms with Crippen molar-refractivity contribution in [2.24, 2.45) is 0 Å². The van der Waals surface area contributed by atoms with Crippen molar-refractivity contribution in [1.29, 1.82) is 0 Å². The molecule has 0 amide bonds. The minimum absolute atomic E-state index is 0.752. The highest BCUT2D eigenvalue weighted by molar-refractivity contribution is 7.80. The first-order valence-electron chi connectivity index (χ1n) is 8.78. The molecule has 0 aliphatic rings. The Hall–Kier alpha value is -0.830. The largest absolute Gasteiger partial charge is 0.490 e. The highest BCUT2D eigenvalue weighted by atomic mass is 32.1. The van der Waals surface area contributed by atoms with Gasteiger partial charge in [0.05, 0.1) is 13.2 Å². The van der Waals surface area contributed by atoms with E-state index in [1.54, 1.807) is 0 Å². The van der Waals surface area contributed by atoms with Crippen molar-refractivity contribution in [1.82, 2.24) is 0 Å². The van der Waals surface area contributed by atoms with Crippen molar-refractivity contribution in [2.45, 2.75) is 77.0 Å². The van der Waals surface area contributed by atoms with Gasteiger partial charge in [-0.3, -0.25) is 0 Å². The second-order valence-electron chi connectivity index (χ2n) is 5.90. The van der Waals surface area contributed by atoms with E-state index in [0.29, 0.717) is 0 Å². The van der Waals surface area contributed by atoms with Gasteiger partial charge < -0.3 is 9.47 Å². The molecular weight excluding hydrogens is 292 g/mol. The molecule has 0 aliphatic carbocycles. The van der Waals surface area contributed by atoms with Gasteiger partial charge in [0.25, 0.3) is 0 Å². The lowest BCUT2D eigenvalue weighted by Crippen LogP contribution is -2.03. The van der Waals surface area contributed by atoms with Gasteiger partial charge in [-0.15, -0.1) is 12.6 Å². The average molecular weight is 325 g/mol. The lowest BCUT2D eigenvalue weighted by Gasteiger charge is -2.15. The Bertz CT molecular complexity index is 379. The maximum atomic E-state index is 5.94. The van der Waals surface area contributed by atoms with E-state index in [4.69, 9.17) is 9.47 Å². The molecule has 0 aliphatic heterocycles. The number of aryl methyl sites for hydroxylation is 1. The minimum Gasteiger partial charge on any atom is -0.490 e. The summed E-state index contributed by atoms with van der Waals surface area (Å²) in [6, 6.07) is 4.03. The Kier molecular flexibility index (Phi) is 10.2. The number of rotatable bonds is 12. The third-order valence-corrected chi connectivity index (χ3v) is 4.26. The van der Waals surface area contributed by atoms with E-state index in [0.717, 1.165) is 48.0 Å². The Morgan fingerprint density at radius 1 is 0.773 bits per heavy atom. The molecule has 0 unspecified atom stereocenters. The molecule has 0 radical (unpaired) electrons. The lowest BCUT2D eigenvalue weighted by molar-refractivity contribution is 0.258. The standard InChI is InChI=1S/C19H32O2S/c1-4-6-8-10-12-20-17-14-16(3)19(22)15-18(17)21-13-11-9-7-5-2/h14-15,22H,4-13H2,1-3H3. The molecule has 22 heavy (non-hydrogen) atoms. The lowest BCUT2D eigenvalue weighted by atomic mass is 10.2. The van der Waals surface area contributed by atoms with Crippen LogP contribution in [0.2, 0.25) is 0 Å². The molecule has 1 rings (SSSR count). The summed E-state index contributed by atoms with van der Waals surface area (Å²) in [6.07, 6.45) is 9.70. The molecule has 0 fully saturated rings. The summed E-state index contributed by atoms with van der Waals surface area (Å²) >= 11 is 4.49. The van der Waals surface area contributed by atoms with E-state index in [9.17, 15) is 0 Å². The van der Waals surface area contributed by atoms with Crippen molar-refractivity contribution in [3.63, 3.8) is 0 Å². The van der Waals surface area contributed by atoms with Crippen LogP contribution in [0.3, 0.4) is 0 Å². The van der Waals surface area contributed by atoms with Gasteiger partial charge in [0.1, 0.15) is 0 Å². The molecule has 0 saturated carbocycles. The number of benzene rings is 1. The Morgan fingerprint density at radius 3 is 1.77 bits per heavy atom. The van der Waals surface area contributed by atoms with Crippen LogP contribution in [0.1, 0.15) is 70.8 Å². The van der Waals surface area contributed by atoms with Crippen molar-refractivity contribution < 1.29 is 9.47 Å². The smallest absolute Gasteiger partial charge is 0.162 e. The molecule has 0 aromatic heterocycles. The van der Waals surface area contributed by atoms with E-state index in [1.807, 2.05) is 12.1 Å². The first-order chi connectivity index (χ1) is 10.7. The molecule has 126 valence electrons. The van der Waals surface area contributed by atoms with Gasteiger partial charge >= 0.3 is 0 Å². The molecular formula is C19H32O2S. The quantitative estimate of drug-likeness (QED) is 0.364. The van der Waals surface area contributed by atoms with Crippen LogP contribution in [0.15, 0.2) is 17.0 Å². The summed E-state index contributed by atoms with van der Waals surface area (Å²) in [7, 11) is 0. The van der Waals surface area contributed by atoms with E-state index in [2.05, 4.69) is 33.4 Å². The number of ether oxygens (including phenoxy) is 2. The van der Waals surface area contributed by atoms with E-state index >= 15 is 0 Å². The molecule has 1 aromatic rings. The third-order valence-electron chi connectivity index (χ3n) is 3.77. The molecule has 0 bridgehead atoms. The fraction of sp³-hybridized carbons (Fsp3) is 0.684. The molecule has 3 heteroatoms. The summed E-state index contributed by atoms with van der Waals surface area (Å²) in [5.41, 5.74) is 1.13. The Balaban J connectivity index is 2.51. The average Bonchev–Trinajstić information content (AvgIpc) is 2.51. The van der Waals surface area contributed by atoms with Crippen molar-refractivity contribution in [3.8, 4) is 11.5 Å². The molecule has 2 nitrogen and oxygen atoms in total. The topological polar surface area (TPSA) is 18.5 Å². The first kappa shape index (κ1) is 19.2. The molecule has 1 aromatic carbocycles. The van der Waals surface area contributed by atoms with Crippen LogP contribution in [0.4, 0.5) is 0 Å². The van der Waals surface area contributed by atoms with Crippen LogP contribution in [-0.4, -0.2) is 13.2 Å². The van der Waals surface area contributed by atoms with Gasteiger partial charge in [-0.1, -0.05) is 52.4 Å². The zero-order chi connectivity index (χ0) is 16.2. The molecule has 0 heterocycles. The van der Waals surface area contributed by atoms with Gasteiger partial charge in [-0.05, 0) is 37.5 Å². The highest BCUT2D eigenvalue weighted by Gasteiger charge is 2.08. The van der Waals surface area contributed by atoms with Crippen molar-refractivity contribution in [3.05, 3.63) is 17.7 Å². The maximum absolute atomic E-state index is 5.94. The van der Waals surface area contributed by atoms with Gasteiger partial charge in [0, 0.05) is 4.90 Å². The maximum Gasteiger partial charge on any atom is 0.162 e. The van der Waals surface area contributed by atoms with E-state index in [1.165, 1.54) is 38.5 Å². The van der Waals surface area contributed by atoms with Crippen LogP contribution >= 0.6 is 12.6 Å². The van der Waals surface area contributed by atoms with Gasteiger partial charge in [-0.2, -0.15) is 0 Å². The Morgan fingerprint density at radius 2 is 1.27 bits per heavy atom. The highest BCUT2D eigenvalue weighted by Crippen LogP contribution is 2.32. The summed E-state index contributed by atoms with van der Waals surface area (Å²) in [5.74, 6) is 1.70. The second-order valence-corrected chi connectivity index (χ2v) is 6.39. The van der Waals surface area contributed by atoms with Crippen molar-refractivity contribution in [2.75, 3.05) is 13.2 Å². The fourth-order valence-electron chi connectivity index (χ4n) is 2.30. The normalized spacial score (nSPS) is 10.7. The van der Waals surface area contributed by atoms with Gasteiger partial charge in [-0.25, -0.2) is 0 Å². The summed E-state index contributed by atoms with van der Waals surface area (Å²) < 4.78 is 11.9. The second kappa shape index (κ2) is 11.7. The summed E-state index contributed by atoms with van der Waals surface area (Å²) in [6.45, 7) is 8.01. The molecule has 0 N–H and O–H groups in total. The number of hydrogen-bond acceptors (Lipinski definition) is 3. The zero-order valence-electron chi connectivity index (χ0n) is 14.5. The number of thiol groups is 1. The summed E-state index contributed by atoms with van der Waals surface area (Å²) in [5, 5.41) is 0. The van der Waals surface area contributed by atoms with Crippen LogP contribution in [0.5, 0.6) is 11.5 Å². The summed E-state index contributed by atoms with van der Waals surface area (Å²) in [4.78, 5) is 0.960. The predicted octanol–water partition coefficient (Wildman–Crippen LogP) is 6.20. The predicted molar refractivity (Wildman–Crippen MR) is 97.7 cm³/mol. The van der Waals surface area contributed by atoms with Gasteiger partial charge in [0.2, 0.25) is 0 Å². The minimum atomic E-state index is 0.752. The van der Waals surface area contributed by atoms with Crippen LogP contribution in [0, 0.1) is 6.92 Å². The zero-order valence-corrected chi connectivity index (χ0v) is 15.4. The SMILES string of the molecule is CCCCCCOc1cc(C)c(S)cc1OCCCCCC. The Labute approximate surface area is 142 Å². The number of hydrogen-bond donors (Lipinski definition) is 1. The van der Waals surface area contributed by atoms with Gasteiger partial charge in [0.15, 0.2) is 11.5 Å². The van der Waals surface area contributed by atoms with E-state index < -0.39 is 0 Å². The number of unbranched alkanes of at least 4 members (excludes halogenated alkanes) is 6. The van der Waals surface area contributed by atoms with Crippen molar-refractivity contribution >= 4 is 12.6 Å². The monoisotopic (exact) mass is 324 g/mol. The van der Waals surface area contributed by atoms with E-state index in [-0.39, 0.29) is 0 Å². The third kappa shape index (κ3) is 7.44. The fourth-order valence-corrected chi connectivity index (χ4v) is 2.48. The molecule has 0 atom stereocenters. The molecule has 0 saturated heterocycles. The molecule has 0 spiro atoms. The van der Waals surface area contributed by atoms with Crippen LogP contribution in [-0.2, 0) is 0 Å². The van der Waals surface area contributed by atoms with Crippen LogP contribution in [0.25, 0.3) is 0 Å². The first-order valence-corrected chi connectivity index (χ1v) is 9.23. The van der Waals surface area contributed by atoms with Crippen LogP contribution < -0.4 is 9.47 Å².